The molecule has 0 saturated carbocycles. The molecule has 0 saturated heterocycles. The molecule has 0 aliphatic rings. The topological polar surface area (TPSA) is 37.4 Å². The summed E-state index contributed by atoms with van der Waals surface area (Å²) in [7, 11) is 0. The molecule has 1 rings (SSSR count). The van der Waals surface area contributed by atoms with Crippen LogP contribution in [-0.4, -0.2) is 41.7 Å². The quantitative estimate of drug-likeness (QED) is 0.758. The molecule has 0 bridgehead atoms. The van der Waals surface area contributed by atoms with Crippen molar-refractivity contribution in [2.45, 2.75) is 53.2 Å². The molecule has 0 unspecified atom stereocenters. The first kappa shape index (κ1) is 18.2. The molecule has 5 heteroatoms. The average molecular weight is 314 g/mol. The number of hydrogen-bond acceptors (Lipinski definition) is 4. The second-order valence-corrected chi connectivity index (χ2v) is 6.08. The van der Waals surface area contributed by atoms with E-state index >= 15 is 0 Å². The van der Waals surface area contributed by atoms with Crippen molar-refractivity contribution in [2.24, 2.45) is 0 Å². The Morgan fingerprint density at radius 3 is 2.52 bits per heavy atom. The fraction of sp³-hybridized carbons (Fsp3) is 0.688. The van der Waals surface area contributed by atoms with Crippen LogP contribution in [0.1, 0.15) is 40.2 Å². The molecule has 0 spiro atoms. The molecule has 1 aromatic rings. The van der Waals surface area contributed by atoms with E-state index in [2.05, 4.69) is 49.8 Å². The van der Waals surface area contributed by atoms with E-state index in [4.69, 9.17) is 16.3 Å². The first-order valence-corrected chi connectivity index (χ1v) is 8.07. The summed E-state index contributed by atoms with van der Waals surface area (Å²) in [6, 6.07) is 2.94. The van der Waals surface area contributed by atoms with Gasteiger partial charge in [0.2, 0.25) is 5.88 Å². The maximum absolute atomic E-state index is 6.13. The highest BCUT2D eigenvalue weighted by Crippen LogP contribution is 2.19. The van der Waals surface area contributed by atoms with Gasteiger partial charge in [0.15, 0.2) is 0 Å². The van der Waals surface area contributed by atoms with Gasteiger partial charge in [0.25, 0.3) is 0 Å². The van der Waals surface area contributed by atoms with Crippen LogP contribution in [-0.2, 0) is 6.54 Å². The van der Waals surface area contributed by atoms with Crippen LogP contribution >= 0.6 is 11.6 Å². The van der Waals surface area contributed by atoms with Gasteiger partial charge in [-0.1, -0.05) is 18.5 Å². The molecule has 1 heterocycles. The molecule has 0 fully saturated rings. The number of aromatic nitrogens is 1. The van der Waals surface area contributed by atoms with Gasteiger partial charge in [-0.05, 0) is 39.8 Å². The van der Waals surface area contributed by atoms with Crippen molar-refractivity contribution in [3.63, 3.8) is 0 Å². The highest BCUT2D eigenvalue weighted by molar-refractivity contribution is 6.31. The van der Waals surface area contributed by atoms with Gasteiger partial charge in [-0.3, -0.25) is 4.90 Å². The summed E-state index contributed by atoms with van der Waals surface area (Å²) in [4.78, 5) is 6.63. The average Bonchev–Trinajstić information content (AvgIpc) is 2.42. The zero-order chi connectivity index (χ0) is 15.8. The summed E-state index contributed by atoms with van der Waals surface area (Å²) < 4.78 is 5.77. The van der Waals surface area contributed by atoms with Crippen LogP contribution in [0.25, 0.3) is 0 Å². The predicted octanol–water partition coefficient (Wildman–Crippen LogP) is 3.34. The lowest BCUT2D eigenvalue weighted by atomic mass is 10.2. The number of ether oxygens (including phenoxy) is 1. The number of nitrogens with one attached hydrogen (secondary N) is 1. The fourth-order valence-corrected chi connectivity index (χ4v) is 2.47. The van der Waals surface area contributed by atoms with E-state index in [1.165, 1.54) is 0 Å². The Morgan fingerprint density at radius 2 is 1.95 bits per heavy atom. The summed E-state index contributed by atoms with van der Waals surface area (Å²) in [5.41, 5.74) is 1.02. The van der Waals surface area contributed by atoms with Crippen LogP contribution < -0.4 is 10.1 Å². The molecule has 0 radical (unpaired) electrons. The third kappa shape index (κ3) is 6.20. The zero-order valence-corrected chi connectivity index (χ0v) is 14.6. The molecule has 1 N–H and O–H groups in total. The Labute approximate surface area is 133 Å². The largest absolute Gasteiger partial charge is 0.476 e. The molecule has 0 amide bonds. The Hall–Kier alpha value is -0.840. The summed E-state index contributed by atoms with van der Waals surface area (Å²) in [6.07, 6.45) is 1.66. The van der Waals surface area contributed by atoms with E-state index in [-0.39, 0.29) is 0 Å². The molecular weight excluding hydrogens is 286 g/mol. The van der Waals surface area contributed by atoms with E-state index in [9.17, 15) is 0 Å². The Morgan fingerprint density at radius 1 is 1.29 bits per heavy atom. The monoisotopic (exact) mass is 313 g/mol. The van der Waals surface area contributed by atoms with Crippen LogP contribution in [0.15, 0.2) is 12.3 Å². The zero-order valence-electron chi connectivity index (χ0n) is 13.8. The summed E-state index contributed by atoms with van der Waals surface area (Å²) in [6.45, 7) is 14.0. The summed E-state index contributed by atoms with van der Waals surface area (Å²) >= 11 is 6.13. The first-order chi connectivity index (χ1) is 9.95. The van der Waals surface area contributed by atoms with Crippen LogP contribution in [0.5, 0.6) is 5.88 Å². The van der Waals surface area contributed by atoms with Gasteiger partial charge in [0.05, 0.1) is 5.02 Å². The molecule has 0 aromatic carbocycles. The van der Waals surface area contributed by atoms with Crippen LogP contribution in [0.2, 0.25) is 5.02 Å². The van der Waals surface area contributed by atoms with Gasteiger partial charge in [-0.25, -0.2) is 4.98 Å². The highest BCUT2D eigenvalue weighted by Gasteiger charge is 2.13. The van der Waals surface area contributed by atoms with E-state index in [0.717, 1.165) is 25.2 Å². The lowest BCUT2D eigenvalue weighted by molar-refractivity contribution is 0.140. The summed E-state index contributed by atoms with van der Waals surface area (Å²) in [5.74, 6) is 0.639. The van der Waals surface area contributed by atoms with Gasteiger partial charge in [0.1, 0.15) is 6.61 Å². The SMILES string of the molecule is CCNCc1cc(OCCN(C(C)C)C(C)C)ncc1Cl. The van der Waals surface area contributed by atoms with Gasteiger partial charge in [0, 0.05) is 37.4 Å². The van der Waals surface area contributed by atoms with Crippen molar-refractivity contribution >= 4 is 11.6 Å². The Kier molecular flexibility index (Phi) is 8.01. The standard InChI is InChI=1S/C16H28ClN3O/c1-6-18-10-14-9-16(19-11-15(14)17)21-8-7-20(12(2)3)13(4)5/h9,11-13,18H,6-8,10H2,1-5H3. The molecule has 120 valence electrons. The number of rotatable bonds is 9. The third-order valence-corrected chi connectivity index (χ3v) is 3.74. The van der Waals surface area contributed by atoms with Gasteiger partial charge in [-0.2, -0.15) is 0 Å². The lowest BCUT2D eigenvalue weighted by Crippen LogP contribution is -2.39. The van der Waals surface area contributed by atoms with Crippen molar-refractivity contribution in [3.05, 3.63) is 22.8 Å². The normalized spacial score (nSPS) is 11.7. The maximum atomic E-state index is 6.13. The molecule has 1 aromatic heterocycles. The Bertz CT molecular complexity index is 416. The molecular formula is C16H28ClN3O. The van der Waals surface area contributed by atoms with Crippen molar-refractivity contribution in [3.8, 4) is 5.88 Å². The van der Waals surface area contributed by atoms with Crippen molar-refractivity contribution in [2.75, 3.05) is 19.7 Å². The van der Waals surface area contributed by atoms with E-state index in [1.807, 2.05) is 6.07 Å². The van der Waals surface area contributed by atoms with Crippen LogP contribution in [0.3, 0.4) is 0 Å². The van der Waals surface area contributed by atoms with Crippen LogP contribution in [0.4, 0.5) is 0 Å². The molecule has 21 heavy (non-hydrogen) atoms. The number of halogens is 1. The second-order valence-electron chi connectivity index (χ2n) is 5.67. The van der Waals surface area contributed by atoms with E-state index in [1.54, 1.807) is 6.20 Å². The minimum atomic E-state index is 0.510. The first-order valence-electron chi connectivity index (χ1n) is 7.69. The molecule has 4 nitrogen and oxygen atoms in total. The highest BCUT2D eigenvalue weighted by atomic mass is 35.5. The van der Waals surface area contributed by atoms with Crippen LogP contribution in [0, 0.1) is 0 Å². The lowest BCUT2D eigenvalue weighted by Gasteiger charge is -2.30. The molecule has 0 aliphatic carbocycles. The van der Waals surface area contributed by atoms with Crippen molar-refractivity contribution in [1.82, 2.24) is 15.2 Å². The minimum Gasteiger partial charge on any atom is -0.476 e. The fourth-order valence-electron chi connectivity index (χ4n) is 2.30. The van der Waals surface area contributed by atoms with Gasteiger partial charge < -0.3 is 10.1 Å². The maximum Gasteiger partial charge on any atom is 0.213 e. The minimum absolute atomic E-state index is 0.510. The van der Waals surface area contributed by atoms with E-state index in [0.29, 0.717) is 29.6 Å². The third-order valence-electron chi connectivity index (χ3n) is 3.40. The predicted molar refractivity (Wildman–Crippen MR) is 89.1 cm³/mol. The second kappa shape index (κ2) is 9.23. The van der Waals surface area contributed by atoms with Crippen molar-refractivity contribution in [1.29, 1.82) is 0 Å². The number of hydrogen-bond donors (Lipinski definition) is 1. The molecule has 0 aliphatic heterocycles. The smallest absolute Gasteiger partial charge is 0.213 e. The van der Waals surface area contributed by atoms with Gasteiger partial charge in [-0.15, -0.1) is 0 Å². The van der Waals surface area contributed by atoms with E-state index < -0.39 is 0 Å². The number of nitrogens with zero attached hydrogens (tertiary/aromatic N) is 2. The number of pyridine rings is 1. The Balaban J connectivity index is 2.55. The molecule has 0 atom stereocenters. The van der Waals surface area contributed by atoms with Crippen molar-refractivity contribution < 1.29 is 4.74 Å². The summed E-state index contributed by atoms with van der Waals surface area (Å²) in [5, 5.41) is 3.94. The van der Waals surface area contributed by atoms with Gasteiger partial charge >= 0.3 is 0 Å².